The van der Waals surface area contributed by atoms with Crippen LogP contribution in [0.25, 0.3) is 0 Å². The van der Waals surface area contributed by atoms with Crippen LogP contribution in [0.5, 0.6) is 11.5 Å². The summed E-state index contributed by atoms with van der Waals surface area (Å²) < 4.78 is 38.2. The van der Waals surface area contributed by atoms with Crippen molar-refractivity contribution in [3.8, 4) is 11.5 Å². The molecule has 0 aliphatic carbocycles. The first-order valence-corrected chi connectivity index (χ1v) is 12.4. The molecule has 1 amide bonds. The molecule has 0 unspecified atom stereocenters. The van der Waals surface area contributed by atoms with Gasteiger partial charge in [0.2, 0.25) is 10.0 Å². The number of carbonyl (C=O) groups is 1. The standard InChI is InChI=1S/C23H30N2O5S/c1-17(2)29-23(26)25-15-9-13-20(24-31(3,27)28)21(25)16-18-10-7-8-14-22(18)30-19-11-5-4-6-12-19/h4-8,10-12,14,17,20-21,24H,9,13,15-16H2,1-3H3/t20-,21-/m1/s1. The molecule has 2 atom stereocenters. The normalized spacial score (nSPS) is 19.3. The van der Waals surface area contributed by atoms with E-state index in [0.717, 1.165) is 11.8 Å². The van der Waals surface area contributed by atoms with Crippen LogP contribution < -0.4 is 9.46 Å². The number of rotatable bonds is 7. The summed E-state index contributed by atoms with van der Waals surface area (Å²) in [4.78, 5) is 14.4. The first kappa shape index (κ1) is 23.1. The SMILES string of the molecule is CC(C)OC(=O)N1CCC[C@@H](NS(C)(=O)=O)[C@H]1Cc1ccccc1Oc1ccccc1. The Hall–Kier alpha value is -2.58. The van der Waals surface area contributed by atoms with Crippen molar-refractivity contribution in [3.63, 3.8) is 0 Å². The van der Waals surface area contributed by atoms with E-state index in [-0.39, 0.29) is 6.10 Å². The van der Waals surface area contributed by atoms with Crippen molar-refractivity contribution < 1.29 is 22.7 Å². The number of likely N-dealkylation sites (tertiary alicyclic amines) is 1. The fourth-order valence-corrected chi connectivity index (χ4v) is 4.66. The summed E-state index contributed by atoms with van der Waals surface area (Å²) in [6, 6.07) is 16.3. The molecule has 3 rings (SSSR count). The number of sulfonamides is 1. The molecular formula is C23H30N2O5S. The molecule has 7 nitrogen and oxygen atoms in total. The lowest BCUT2D eigenvalue weighted by atomic mass is 9.91. The maximum atomic E-state index is 12.8. The molecule has 1 N–H and O–H groups in total. The number of ether oxygens (including phenoxy) is 2. The van der Waals surface area contributed by atoms with Crippen molar-refractivity contribution in [2.24, 2.45) is 0 Å². The van der Waals surface area contributed by atoms with Crippen molar-refractivity contribution in [2.75, 3.05) is 12.8 Å². The summed E-state index contributed by atoms with van der Waals surface area (Å²) in [5.74, 6) is 1.38. The molecule has 2 aromatic carbocycles. The van der Waals surface area contributed by atoms with Gasteiger partial charge in [-0.2, -0.15) is 0 Å². The Morgan fingerprint density at radius 2 is 1.81 bits per heavy atom. The summed E-state index contributed by atoms with van der Waals surface area (Å²) in [5.41, 5.74) is 0.890. The van der Waals surface area contributed by atoms with Crippen LogP contribution in [0.15, 0.2) is 54.6 Å². The van der Waals surface area contributed by atoms with Crippen molar-refractivity contribution in [1.29, 1.82) is 0 Å². The van der Waals surface area contributed by atoms with E-state index in [9.17, 15) is 13.2 Å². The van der Waals surface area contributed by atoms with Gasteiger partial charge in [-0.3, -0.25) is 0 Å². The van der Waals surface area contributed by atoms with Crippen LogP contribution in [0.3, 0.4) is 0 Å². The molecular weight excluding hydrogens is 416 g/mol. The van der Waals surface area contributed by atoms with Gasteiger partial charge in [0, 0.05) is 12.6 Å². The van der Waals surface area contributed by atoms with Crippen LogP contribution in [0, 0.1) is 0 Å². The molecule has 1 aliphatic heterocycles. The van der Waals surface area contributed by atoms with E-state index in [2.05, 4.69) is 4.72 Å². The number of nitrogens with one attached hydrogen (secondary N) is 1. The maximum absolute atomic E-state index is 12.8. The van der Waals surface area contributed by atoms with Crippen LogP contribution in [0.2, 0.25) is 0 Å². The predicted molar refractivity (Wildman–Crippen MR) is 120 cm³/mol. The first-order chi connectivity index (χ1) is 14.7. The van der Waals surface area contributed by atoms with Gasteiger partial charge in [0.05, 0.1) is 18.4 Å². The number of para-hydroxylation sites is 2. The highest BCUT2D eigenvalue weighted by molar-refractivity contribution is 7.88. The fourth-order valence-electron chi connectivity index (χ4n) is 3.83. The molecule has 1 aliphatic rings. The number of hydrogen-bond acceptors (Lipinski definition) is 5. The zero-order chi connectivity index (χ0) is 22.4. The van der Waals surface area contributed by atoms with Gasteiger partial charge in [-0.25, -0.2) is 17.9 Å². The third-order valence-electron chi connectivity index (χ3n) is 5.09. The number of piperidine rings is 1. The number of carbonyl (C=O) groups excluding carboxylic acids is 1. The van der Waals surface area contributed by atoms with Crippen molar-refractivity contribution in [3.05, 3.63) is 60.2 Å². The number of hydrogen-bond donors (Lipinski definition) is 1. The molecule has 0 bridgehead atoms. The van der Waals surface area contributed by atoms with E-state index in [1.807, 2.05) is 54.6 Å². The second-order valence-electron chi connectivity index (χ2n) is 8.06. The molecule has 8 heteroatoms. The summed E-state index contributed by atoms with van der Waals surface area (Å²) in [7, 11) is -3.44. The minimum Gasteiger partial charge on any atom is -0.457 e. The van der Waals surface area contributed by atoms with Crippen LogP contribution in [-0.4, -0.2) is 50.4 Å². The highest BCUT2D eigenvalue weighted by Crippen LogP contribution is 2.30. The molecule has 168 valence electrons. The zero-order valence-corrected chi connectivity index (χ0v) is 19.0. The van der Waals surface area contributed by atoms with Gasteiger partial charge in [0.15, 0.2) is 0 Å². The minimum absolute atomic E-state index is 0.259. The molecule has 0 radical (unpaired) electrons. The van der Waals surface area contributed by atoms with Crippen LogP contribution in [0.4, 0.5) is 4.79 Å². The van der Waals surface area contributed by atoms with Crippen molar-refractivity contribution in [2.45, 2.75) is 51.3 Å². The third kappa shape index (κ3) is 6.70. The van der Waals surface area contributed by atoms with Gasteiger partial charge in [0.25, 0.3) is 0 Å². The summed E-state index contributed by atoms with van der Waals surface area (Å²) in [6.07, 6.45) is 2.22. The van der Waals surface area contributed by atoms with E-state index < -0.39 is 28.2 Å². The highest BCUT2D eigenvalue weighted by Gasteiger charge is 2.37. The summed E-state index contributed by atoms with van der Waals surface area (Å²) in [6.45, 7) is 4.11. The van der Waals surface area contributed by atoms with Gasteiger partial charge in [-0.15, -0.1) is 0 Å². The monoisotopic (exact) mass is 446 g/mol. The van der Waals surface area contributed by atoms with Crippen LogP contribution in [0.1, 0.15) is 32.3 Å². The quantitative estimate of drug-likeness (QED) is 0.696. The van der Waals surface area contributed by atoms with Gasteiger partial charge in [0.1, 0.15) is 11.5 Å². The molecule has 1 saturated heterocycles. The Morgan fingerprint density at radius 3 is 2.48 bits per heavy atom. The molecule has 0 aromatic heterocycles. The van der Waals surface area contributed by atoms with Gasteiger partial charge in [-0.1, -0.05) is 36.4 Å². The van der Waals surface area contributed by atoms with E-state index in [0.29, 0.717) is 37.3 Å². The molecule has 0 spiro atoms. The second kappa shape index (κ2) is 10.2. The lowest BCUT2D eigenvalue weighted by Gasteiger charge is -2.41. The lowest BCUT2D eigenvalue weighted by molar-refractivity contribution is 0.0460. The average Bonchev–Trinajstić information content (AvgIpc) is 2.70. The van der Waals surface area contributed by atoms with Crippen LogP contribution in [-0.2, 0) is 21.2 Å². The maximum Gasteiger partial charge on any atom is 0.410 e. The first-order valence-electron chi connectivity index (χ1n) is 10.5. The molecule has 0 saturated carbocycles. The van der Waals surface area contributed by atoms with Crippen molar-refractivity contribution >= 4 is 16.1 Å². The van der Waals surface area contributed by atoms with Gasteiger partial charge < -0.3 is 14.4 Å². The van der Waals surface area contributed by atoms with Gasteiger partial charge in [-0.05, 0) is 56.9 Å². The molecule has 2 aromatic rings. The van der Waals surface area contributed by atoms with E-state index in [4.69, 9.17) is 9.47 Å². The van der Waals surface area contributed by atoms with Crippen LogP contribution >= 0.6 is 0 Å². The molecule has 31 heavy (non-hydrogen) atoms. The second-order valence-corrected chi connectivity index (χ2v) is 9.84. The van der Waals surface area contributed by atoms with Crippen molar-refractivity contribution in [1.82, 2.24) is 9.62 Å². The minimum atomic E-state index is -3.44. The summed E-state index contributed by atoms with van der Waals surface area (Å²) in [5, 5.41) is 0. The Bertz CT molecular complexity index is 978. The Labute approximate surface area is 184 Å². The number of nitrogens with zero attached hydrogens (tertiary/aromatic N) is 1. The topological polar surface area (TPSA) is 84.9 Å². The summed E-state index contributed by atoms with van der Waals surface area (Å²) >= 11 is 0. The Balaban J connectivity index is 1.90. The molecule has 1 fully saturated rings. The fraction of sp³-hybridized carbons (Fsp3) is 0.435. The smallest absolute Gasteiger partial charge is 0.410 e. The average molecular weight is 447 g/mol. The number of amides is 1. The van der Waals surface area contributed by atoms with E-state index in [1.165, 1.54) is 0 Å². The Kier molecular flexibility index (Phi) is 7.56. The predicted octanol–water partition coefficient (Wildman–Crippen LogP) is 3.95. The number of benzene rings is 2. The third-order valence-corrected chi connectivity index (χ3v) is 5.82. The largest absolute Gasteiger partial charge is 0.457 e. The van der Waals surface area contributed by atoms with Gasteiger partial charge >= 0.3 is 6.09 Å². The van der Waals surface area contributed by atoms with E-state index >= 15 is 0 Å². The van der Waals surface area contributed by atoms with E-state index in [1.54, 1.807) is 18.7 Å². The zero-order valence-electron chi connectivity index (χ0n) is 18.2. The highest BCUT2D eigenvalue weighted by atomic mass is 32.2. The molecule has 1 heterocycles. The Morgan fingerprint density at radius 1 is 1.13 bits per heavy atom. The lowest BCUT2D eigenvalue weighted by Crippen LogP contribution is -2.58.